The van der Waals surface area contributed by atoms with Crippen LogP contribution in [-0.4, -0.2) is 54.3 Å². The second kappa shape index (κ2) is 9.52. The van der Waals surface area contributed by atoms with Crippen LogP contribution in [0.25, 0.3) is 0 Å². The third-order valence-corrected chi connectivity index (χ3v) is 6.47. The number of aliphatic hydroxyl groups excluding tert-OH is 1. The monoisotopic (exact) mass is 423 g/mol. The summed E-state index contributed by atoms with van der Waals surface area (Å²) in [5, 5.41) is 10.6. The van der Waals surface area contributed by atoms with Crippen molar-refractivity contribution >= 4 is 11.9 Å². The first-order valence-corrected chi connectivity index (χ1v) is 10.9. The number of nitrogens with zero attached hydrogens (tertiary/aromatic N) is 1. The van der Waals surface area contributed by atoms with Gasteiger partial charge in [-0.2, -0.15) is 0 Å². The molecule has 2 fully saturated rings. The highest BCUT2D eigenvalue weighted by Crippen LogP contribution is 2.38. The smallest absolute Gasteiger partial charge is 0.337 e. The molecule has 1 saturated carbocycles. The minimum absolute atomic E-state index is 0.184. The van der Waals surface area contributed by atoms with Crippen molar-refractivity contribution in [1.82, 2.24) is 4.90 Å². The number of fused-ring (bicyclic) bond motifs is 1. The average Bonchev–Trinajstić information content (AvgIpc) is 3.21. The number of esters is 1. The maximum Gasteiger partial charge on any atom is 0.337 e. The predicted octanol–water partition coefficient (Wildman–Crippen LogP) is 3.08. The quantitative estimate of drug-likeness (QED) is 0.723. The molecule has 0 spiro atoms. The van der Waals surface area contributed by atoms with E-state index in [1.54, 1.807) is 24.3 Å². The molecule has 1 aliphatic heterocycles. The van der Waals surface area contributed by atoms with Gasteiger partial charge in [-0.15, -0.1) is 0 Å². The van der Waals surface area contributed by atoms with Gasteiger partial charge in [0.1, 0.15) is 11.9 Å². The molecule has 6 nitrogen and oxygen atoms in total. The molecular formula is C25H29NO5. The lowest BCUT2D eigenvalue weighted by molar-refractivity contribution is -0.130. The number of carbonyl (C=O) groups is 2. The SMILES string of the molecule is COC(=O)c1ccc(O[C@@H]2C[C@@H]3CN(C(=O)CCc4ccccc4)C[C@@H]3C[C@H]2O)cc1. The number of ether oxygens (including phenoxy) is 2. The fourth-order valence-corrected chi connectivity index (χ4v) is 4.74. The van der Waals surface area contributed by atoms with Crippen molar-refractivity contribution in [2.45, 2.75) is 37.9 Å². The lowest BCUT2D eigenvalue weighted by Gasteiger charge is -2.35. The summed E-state index contributed by atoms with van der Waals surface area (Å²) >= 11 is 0. The summed E-state index contributed by atoms with van der Waals surface area (Å²) < 4.78 is 10.7. The molecule has 164 valence electrons. The van der Waals surface area contributed by atoms with Gasteiger partial charge in [-0.1, -0.05) is 30.3 Å². The van der Waals surface area contributed by atoms with Crippen molar-refractivity contribution in [3.05, 3.63) is 65.7 Å². The summed E-state index contributed by atoms with van der Waals surface area (Å²) in [6.07, 6.45) is 1.73. The summed E-state index contributed by atoms with van der Waals surface area (Å²) in [6.45, 7) is 1.45. The van der Waals surface area contributed by atoms with Crippen molar-refractivity contribution in [3.8, 4) is 5.75 Å². The fourth-order valence-electron chi connectivity index (χ4n) is 4.74. The highest BCUT2D eigenvalue weighted by atomic mass is 16.5. The van der Waals surface area contributed by atoms with E-state index in [-0.39, 0.29) is 12.0 Å². The Kier molecular flexibility index (Phi) is 6.56. The van der Waals surface area contributed by atoms with Crippen LogP contribution >= 0.6 is 0 Å². The first-order valence-electron chi connectivity index (χ1n) is 10.9. The van der Waals surface area contributed by atoms with Crippen LogP contribution in [0.3, 0.4) is 0 Å². The zero-order valence-corrected chi connectivity index (χ0v) is 17.8. The van der Waals surface area contributed by atoms with Gasteiger partial charge < -0.3 is 19.5 Å². The number of hydrogen-bond donors (Lipinski definition) is 1. The molecule has 1 amide bonds. The third kappa shape index (κ3) is 5.07. The molecule has 31 heavy (non-hydrogen) atoms. The zero-order chi connectivity index (χ0) is 21.8. The molecule has 0 aromatic heterocycles. The first kappa shape index (κ1) is 21.4. The highest BCUT2D eigenvalue weighted by molar-refractivity contribution is 5.89. The van der Waals surface area contributed by atoms with E-state index in [0.29, 0.717) is 42.4 Å². The van der Waals surface area contributed by atoms with Crippen LogP contribution in [0.2, 0.25) is 0 Å². The third-order valence-electron chi connectivity index (χ3n) is 6.47. The molecule has 2 aromatic rings. The van der Waals surface area contributed by atoms with Crippen LogP contribution in [0.5, 0.6) is 5.75 Å². The fraction of sp³-hybridized carbons (Fsp3) is 0.440. The zero-order valence-electron chi connectivity index (χ0n) is 17.8. The first-order chi connectivity index (χ1) is 15.0. The molecule has 6 heteroatoms. The van der Waals surface area contributed by atoms with E-state index in [0.717, 1.165) is 19.5 Å². The molecule has 0 radical (unpaired) electrons. The summed E-state index contributed by atoms with van der Waals surface area (Å²) in [7, 11) is 1.35. The minimum atomic E-state index is -0.569. The number of carbonyl (C=O) groups excluding carboxylic acids is 2. The van der Waals surface area contributed by atoms with E-state index < -0.39 is 12.1 Å². The Labute approximate surface area is 182 Å². The summed E-state index contributed by atoms with van der Waals surface area (Å²) in [4.78, 5) is 26.2. The van der Waals surface area contributed by atoms with Gasteiger partial charge in [-0.25, -0.2) is 4.79 Å². The van der Waals surface area contributed by atoms with Crippen molar-refractivity contribution in [1.29, 1.82) is 0 Å². The number of benzene rings is 2. The Hall–Kier alpha value is -2.86. The Morgan fingerprint density at radius 1 is 1.00 bits per heavy atom. The van der Waals surface area contributed by atoms with Gasteiger partial charge in [0.25, 0.3) is 0 Å². The molecule has 0 bridgehead atoms. The topological polar surface area (TPSA) is 76.1 Å². The number of likely N-dealkylation sites (tertiary alicyclic amines) is 1. The Morgan fingerprint density at radius 2 is 1.68 bits per heavy atom. The van der Waals surface area contributed by atoms with Crippen molar-refractivity contribution in [2.75, 3.05) is 20.2 Å². The van der Waals surface area contributed by atoms with Gasteiger partial charge in [-0.3, -0.25) is 4.79 Å². The average molecular weight is 424 g/mol. The Bertz CT molecular complexity index is 898. The molecule has 0 unspecified atom stereocenters. The molecule has 1 aliphatic carbocycles. The van der Waals surface area contributed by atoms with Gasteiger partial charge in [0, 0.05) is 19.5 Å². The lowest BCUT2D eigenvalue weighted by Crippen LogP contribution is -2.42. The summed E-state index contributed by atoms with van der Waals surface area (Å²) in [5.41, 5.74) is 1.63. The number of hydrogen-bond acceptors (Lipinski definition) is 5. The van der Waals surface area contributed by atoms with E-state index in [1.807, 2.05) is 35.2 Å². The van der Waals surface area contributed by atoms with Crippen LogP contribution in [0, 0.1) is 11.8 Å². The molecule has 1 N–H and O–H groups in total. The number of rotatable bonds is 6. The van der Waals surface area contributed by atoms with Crippen molar-refractivity contribution in [3.63, 3.8) is 0 Å². The van der Waals surface area contributed by atoms with Gasteiger partial charge in [-0.05, 0) is 60.9 Å². The predicted molar refractivity (Wildman–Crippen MR) is 116 cm³/mol. The molecule has 4 atom stereocenters. The number of amides is 1. The van der Waals surface area contributed by atoms with E-state index in [1.165, 1.54) is 12.7 Å². The number of aliphatic hydroxyl groups is 1. The normalized spacial score (nSPS) is 25.0. The molecule has 2 aliphatic rings. The highest BCUT2D eigenvalue weighted by Gasteiger charge is 2.43. The van der Waals surface area contributed by atoms with Gasteiger partial charge >= 0.3 is 5.97 Å². The lowest BCUT2D eigenvalue weighted by atomic mass is 9.78. The van der Waals surface area contributed by atoms with Gasteiger partial charge in [0.2, 0.25) is 5.91 Å². The van der Waals surface area contributed by atoms with Crippen LogP contribution in [0.15, 0.2) is 54.6 Å². The molecule has 1 saturated heterocycles. The van der Waals surface area contributed by atoms with Crippen LogP contribution in [0.1, 0.15) is 35.2 Å². The van der Waals surface area contributed by atoms with E-state index in [9.17, 15) is 14.7 Å². The Morgan fingerprint density at radius 3 is 2.35 bits per heavy atom. The number of aryl methyl sites for hydroxylation is 1. The minimum Gasteiger partial charge on any atom is -0.488 e. The van der Waals surface area contributed by atoms with Crippen molar-refractivity contribution in [2.24, 2.45) is 11.8 Å². The molecule has 1 heterocycles. The standard InChI is InChI=1S/C25H29NO5/c1-30-25(29)18-8-10-21(11-9-18)31-23-14-20-16-26(15-19(20)13-22(23)27)24(28)12-7-17-5-3-2-4-6-17/h2-6,8-11,19-20,22-23,27H,7,12-16H2,1H3/t19-,20+,22+,23+/m0/s1. The second-order valence-electron chi connectivity index (χ2n) is 8.52. The van der Waals surface area contributed by atoms with Gasteiger partial charge in [0.05, 0.1) is 18.8 Å². The maximum absolute atomic E-state index is 12.7. The summed E-state index contributed by atoms with van der Waals surface area (Å²) in [6, 6.07) is 16.8. The van der Waals surface area contributed by atoms with E-state index in [2.05, 4.69) is 0 Å². The van der Waals surface area contributed by atoms with E-state index >= 15 is 0 Å². The maximum atomic E-state index is 12.7. The summed E-state index contributed by atoms with van der Waals surface area (Å²) in [5.74, 6) is 1.06. The molecular weight excluding hydrogens is 394 g/mol. The largest absolute Gasteiger partial charge is 0.488 e. The Balaban J connectivity index is 1.31. The molecule has 4 rings (SSSR count). The number of methoxy groups -OCH3 is 1. The van der Waals surface area contributed by atoms with E-state index in [4.69, 9.17) is 9.47 Å². The molecule has 2 aromatic carbocycles. The van der Waals surface area contributed by atoms with Crippen LogP contribution < -0.4 is 4.74 Å². The van der Waals surface area contributed by atoms with Gasteiger partial charge in [0.15, 0.2) is 0 Å². The van der Waals surface area contributed by atoms with Crippen LogP contribution in [0.4, 0.5) is 0 Å². The second-order valence-corrected chi connectivity index (χ2v) is 8.52. The van der Waals surface area contributed by atoms with Crippen molar-refractivity contribution < 1.29 is 24.2 Å². The van der Waals surface area contributed by atoms with Crippen LogP contribution in [-0.2, 0) is 16.0 Å².